The molecular weight excluding hydrogens is 310 g/mol. The van der Waals surface area contributed by atoms with Crippen LogP contribution in [-0.4, -0.2) is 32.0 Å². The van der Waals surface area contributed by atoms with E-state index in [1.54, 1.807) is 22.2 Å². The average Bonchev–Trinajstić information content (AvgIpc) is 3.24. The van der Waals surface area contributed by atoms with Crippen molar-refractivity contribution in [3.63, 3.8) is 0 Å². The zero-order valence-electron chi connectivity index (χ0n) is 13.4. The van der Waals surface area contributed by atoms with Gasteiger partial charge < -0.3 is 5.32 Å². The lowest BCUT2D eigenvalue weighted by Gasteiger charge is -2.17. The molecule has 0 radical (unpaired) electrons. The van der Waals surface area contributed by atoms with Gasteiger partial charge in [0.25, 0.3) is 5.91 Å². The summed E-state index contributed by atoms with van der Waals surface area (Å²) in [7, 11) is 1.84. The van der Waals surface area contributed by atoms with E-state index in [1.165, 1.54) is 0 Å². The van der Waals surface area contributed by atoms with Crippen LogP contribution in [0.2, 0.25) is 0 Å². The Kier molecular flexibility index (Phi) is 4.29. The smallest absolute Gasteiger partial charge is 0.255 e. The van der Waals surface area contributed by atoms with Gasteiger partial charge in [0.15, 0.2) is 0 Å². The van der Waals surface area contributed by atoms with Crippen molar-refractivity contribution in [2.24, 2.45) is 7.05 Å². The van der Waals surface area contributed by atoms with E-state index in [0.717, 1.165) is 16.3 Å². The van der Waals surface area contributed by atoms with Gasteiger partial charge in [0.1, 0.15) is 6.04 Å². The van der Waals surface area contributed by atoms with Crippen molar-refractivity contribution in [3.05, 3.63) is 57.8 Å². The maximum Gasteiger partial charge on any atom is 0.255 e. The van der Waals surface area contributed by atoms with E-state index in [0.29, 0.717) is 12.1 Å². The minimum atomic E-state index is -0.0955. The lowest BCUT2D eigenvalue weighted by atomic mass is 10.1. The van der Waals surface area contributed by atoms with E-state index in [1.807, 2.05) is 49.3 Å². The fraction of sp³-hybridized carbons (Fsp3) is 0.312. The SMILES string of the molecule is Cc1nn(C)c(C)c1C(=O)NC[C@@H](c1cccs1)n1cccn1. The van der Waals surface area contributed by atoms with Crippen LogP contribution in [0.5, 0.6) is 0 Å². The number of hydrogen-bond acceptors (Lipinski definition) is 4. The number of carbonyl (C=O) groups is 1. The predicted octanol–water partition coefficient (Wildman–Crippen LogP) is 2.31. The molecule has 1 atom stereocenters. The number of amides is 1. The predicted molar refractivity (Wildman–Crippen MR) is 89.7 cm³/mol. The molecule has 6 nitrogen and oxygen atoms in total. The number of nitrogens with zero attached hydrogens (tertiary/aromatic N) is 4. The van der Waals surface area contributed by atoms with Crippen LogP contribution in [0, 0.1) is 13.8 Å². The Hall–Kier alpha value is -2.41. The highest BCUT2D eigenvalue weighted by Gasteiger charge is 2.20. The molecular formula is C16H19N5OS. The lowest BCUT2D eigenvalue weighted by Crippen LogP contribution is -2.31. The molecule has 3 aromatic heterocycles. The standard InChI is InChI=1S/C16H19N5OS/c1-11-15(12(2)20(3)19-11)16(22)17-10-13(14-6-4-9-23-14)21-8-5-7-18-21/h4-9,13H,10H2,1-3H3,(H,17,22)/t13-/m0/s1. The van der Waals surface area contributed by atoms with Crippen molar-refractivity contribution >= 4 is 17.2 Å². The molecule has 0 aliphatic rings. The summed E-state index contributed by atoms with van der Waals surface area (Å²) in [6.45, 7) is 4.24. The molecule has 0 spiro atoms. The van der Waals surface area contributed by atoms with Crippen molar-refractivity contribution < 1.29 is 4.79 Å². The van der Waals surface area contributed by atoms with Gasteiger partial charge in [-0.05, 0) is 31.4 Å². The van der Waals surface area contributed by atoms with Crippen LogP contribution in [0.15, 0.2) is 36.0 Å². The van der Waals surface area contributed by atoms with Crippen molar-refractivity contribution in [1.29, 1.82) is 0 Å². The van der Waals surface area contributed by atoms with Crippen molar-refractivity contribution in [2.75, 3.05) is 6.54 Å². The highest BCUT2D eigenvalue weighted by Crippen LogP contribution is 2.22. The van der Waals surface area contributed by atoms with E-state index in [4.69, 9.17) is 0 Å². The summed E-state index contributed by atoms with van der Waals surface area (Å²) >= 11 is 1.66. The first-order chi connectivity index (χ1) is 11.1. The third-order valence-electron chi connectivity index (χ3n) is 3.91. The molecule has 0 bridgehead atoms. The van der Waals surface area contributed by atoms with Crippen molar-refractivity contribution in [2.45, 2.75) is 19.9 Å². The molecule has 1 N–H and O–H groups in total. The molecule has 1 amide bonds. The number of aryl methyl sites for hydroxylation is 2. The van der Waals surface area contributed by atoms with Crippen LogP contribution in [0.1, 0.15) is 32.7 Å². The fourth-order valence-electron chi connectivity index (χ4n) is 2.65. The second kappa shape index (κ2) is 6.37. The van der Waals surface area contributed by atoms with Gasteiger partial charge >= 0.3 is 0 Å². The van der Waals surface area contributed by atoms with Gasteiger partial charge in [-0.15, -0.1) is 11.3 Å². The Labute approximate surface area is 138 Å². The van der Waals surface area contributed by atoms with Crippen LogP contribution < -0.4 is 5.32 Å². The van der Waals surface area contributed by atoms with Crippen LogP contribution >= 0.6 is 11.3 Å². The second-order valence-electron chi connectivity index (χ2n) is 5.40. The zero-order chi connectivity index (χ0) is 16.4. The maximum atomic E-state index is 12.6. The van der Waals surface area contributed by atoms with Gasteiger partial charge in [0.05, 0.1) is 11.3 Å². The summed E-state index contributed by atoms with van der Waals surface area (Å²) in [6.07, 6.45) is 3.66. The Morgan fingerprint density at radius 1 is 1.39 bits per heavy atom. The van der Waals surface area contributed by atoms with Crippen molar-refractivity contribution in [1.82, 2.24) is 24.9 Å². The molecule has 120 valence electrons. The van der Waals surface area contributed by atoms with Gasteiger partial charge in [-0.25, -0.2) is 0 Å². The van der Waals surface area contributed by atoms with Gasteiger partial charge in [0, 0.05) is 36.6 Å². The molecule has 7 heteroatoms. The molecule has 3 rings (SSSR count). The van der Waals surface area contributed by atoms with Crippen LogP contribution in [-0.2, 0) is 7.05 Å². The first kappa shape index (κ1) is 15.5. The number of hydrogen-bond donors (Lipinski definition) is 1. The minimum Gasteiger partial charge on any atom is -0.349 e. The van der Waals surface area contributed by atoms with E-state index in [9.17, 15) is 4.79 Å². The van der Waals surface area contributed by atoms with Crippen LogP contribution in [0.4, 0.5) is 0 Å². The summed E-state index contributed by atoms with van der Waals surface area (Å²) in [5.74, 6) is -0.0955. The topological polar surface area (TPSA) is 64.7 Å². The maximum absolute atomic E-state index is 12.6. The molecule has 0 aromatic carbocycles. The van der Waals surface area contributed by atoms with Crippen LogP contribution in [0.3, 0.4) is 0 Å². The summed E-state index contributed by atoms with van der Waals surface area (Å²) in [5.41, 5.74) is 2.26. The Morgan fingerprint density at radius 2 is 2.22 bits per heavy atom. The molecule has 0 aliphatic carbocycles. The largest absolute Gasteiger partial charge is 0.349 e. The molecule has 0 saturated carbocycles. The normalized spacial score (nSPS) is 12.3. The van der Waals surface area contributed by atoms with E-state index in [2.05, 4.69) is 21.6 Å². The summed E-state index contributed by atoms with van der Waals surface area (Å²) in [5, 5.41) is 13.7. The first-order valence-corrected chi connectivity index (χ1v) is 8.27. The third-order valence-corrected chi connectivity index (χ3v) is 4.88. The third kappa shape index (κ3) is 3.05. The number of rotatable bonds is 5. The Bertz CT molecular complexity index is 755. The van der Waals surface area contributed by atoms with E-state index < -0.39 is 0 Å². The zero-order valence-corrected chi connectivity index (χ0v) is 14.2. The quantitative estimate of drug-likeness (QED) is 0.781. The molecule has 0 fully saturated rings. The molecule has 0 aliphatic heterocycles. The lowest BCUT2D eigenvalue weighted by molar-refractivity contribution is 0.0948. The van der Waals surface area contributed by atoms with Crippen molar-refractivity contribution in [3.8, 4) is 0 Å². The minimum absolute atomic E-state index is 0.00812. The number of thiophene rings is 1. The van der Waals surface area contributed by atoms with Gasteiger partial charge in [-0.2, -0.15) is 10.2 Å². The average molecular weight is 329 g/mol. The molecule has 3 aromatic rings. The fourth-order valence-corrected chi connectivity index (χ4v) is 3.47. The monoisotopic (exact) mass is 329 g/mol. The highest BCUT2D eigenvalue weighted by molar-refractivity contribution is 7.10. The van der Waals surface area contributed by atoms with Gasteiger partial charge in [-0.1, -0.05) is 6.07 Å². The van der Waals surface area contributed by atoms with Gasteiger partial charge in [0.2, 0.25) is 0 Å². The summed E-state index contributed by atoms with van der Waals surface area (Å²) in [6, 6.07) is 5.95. The second-order valence-corrected chi connectivity index (χ2v) is 6.38. The first-order valence-electron chi connectivity index (χ1n) is 7.39. The molecule has 0 saturated heterocycles. The van der Waals surface area contributed by atoms with E-state index in [-0.39, 0.29) is 11.9 Å². The molecule has 0 unspecified atom stereocenters. The number of aromatic nitrogens is 4. The molecule has 3 heterocycles. The molecule has 23 heavy (non-hydrogen) atoms. The van der Waals surface area contributed by atoms with E-state index >= 15 is 0 Å². The number of carbonyl (C=O) groups excluding carboxylic acids is 1. The number of nitrogens with one attached hydrogen (secondary N) is 1. The van der Waals surface area contributed by atoms with Gasteiger partial charge in [-0.3, -0.25) is 14.2 Å². The summed E-state index contributed by atoms with van der Waals surface area (Å²) < 4.78 is 3.60. The van der Waals surface area contributed by atoms with Crippen LogP contribution in [0.25, 0.3) is 0 Å². The Balaban J connectivity index is 1.78. The highest BCUT2D eigenvalue weighted by atomic mass is 32.1. The summed E-state index contributed by atoms with van der Waals surface area (Å²) in [4.78, 5) is 13.7. The Morgan fingerprint density at radius 3 is 2.78 bits per heavy atom.